The van der Waals surface area contributed by atoms with Crippen LogP contribution in [0, 0.1) is 5.41 Å². The van der Waals surface area contributed by atoms with E-state index in [1.807, 2.05) is 43.5 Å². The monoisotopic (exact) mass is 327 g/mol. The fraction of sp³-hybridized carbons (Fsp3) is 0.556. The zero-order chi connectivity index (χ0) is 17.3. The Bertz CT molecular complexity index is 723. The average molecular weight is 327 g/mol. The fourth-order valence-electron chi connectivity index (χ4n) is 3.28. The number of piperidine rings is 1. The zero-order valence-corrected chi connectivity index (χ0v) is 14.9. The van der Waals surface area contributed by atoms with Crippen molar-refractivity contribution < 1.29 is 4.79 Å². The molecule has 0 spiro atoms. The lowest BCUT2D eigenvalue weighted by molar-refractivity contribution is -0.140. The summed E-state index contributed by atoms with van der Waals surface area (Å²) in [6.45, 7) is 7.49. The van der Waals surface area contributed by atoms with E-state index in [1.165, 1.54) is 0 Å². The SMILES string of the molecule is Cn1nccc1-c1nccnc1C1CCN(C(=O)C(C)(C)C)CC1. The van der Waals surface area contributed by atoms with Crippen molar-refractivity contribution in [2.45, 2.75) is 39.5 Å². The molecule has 6 heteroatoms. The molecule has 0 unspecified atom stereocenters. The van der Waals surface area contributed by atoms with Gasteiger partial charge in [0.15, 0.2) is 0 Å². The number of likely N-dealkylation sites (tertiary alicyclic amines) is 1. The van der Waals surface area contributed by atoms with Crippen LogP contribution in [-0.4, -0.2) is 43.6 Å². The van der Waals surface area contributed by atoms with Crippen LogP contribution in [0.3, 0.4) is 0 Å². The number of carbonyl (C=O) groups is 1. The lowest BCUT2D eigenvalue weighted by Gasteiger charge is -2.35. The van der Waals surface area contributed by atoms with Crippen molar-refractivity contribution in [2.24, 2.45) is 12.5 Å². The van der Waals surface area contributed by atoms with E-state index in [4.69, 9.17) is 0 Å². The van der Waals surface area contributed by atoms with Crippen molar-refractivity contribution in [3.05, 3.63) is 30.4 Å². The van der Waals surface area contributed by atoms with Gasteiger partial charge in [0.2, 0.25) is 5.91 Å². The van der Waals surface area contributed by atoms with Crippen LogP contribution in [0.25, 0.3) is 11.4 Å². The highest BCUT2D eigenvalue weighted by molar-refractivity contribution is 5.81. The van der Waals surface area contributed by atoms with Crippen molar-refractivity contribution in [3.8, 4) is 11.4 Å². The Hall–Kier alpha value is -2.24. The molecule has 0 atom stereocenters. The van der Waals surface area contributed by atoms with Crippen LogP contribution in [-0.2, 0) is 11.8 Å². The molecule has 2 aromatic heterocycles. The van der Waals surface area contributed by atoms with Crippen LogP contribution in [0.4, 0.5) is 0 Å². The van der Waals surface area contributed by atoms with Gasteiger partial charge < -0.3 is 4.90 Å². The second-order valence-electron chi connectivity index (χ2n) is 7.45. The molecule has 24 heavy (non-hydrogen) atoms. The first-order chi connectivity index (χ1) is 11.4. The van der Waals surface area contributed by atoms with Gasteiger partial charge in [-0.3, -0.25) is 19.4 Å². The number of rotatable bonds is 2. The zero-order valence-electron chi connectivity index (χ0n) is 14.9. The summed E-state index contributed by atoms with van der Waals surface area (Å²) in [6, 6.07) is 1.96. The molecule has 0 aromatic carbocycles. The summed E-state index contributed by atoms with van der Waals surface area (Å²) in [5, 5.41) is 4.24. The average Bonchev–Trinajstić information content (AvgIpc) is 2.99. The minimum Gasteiger partial charge on any atom is -0.342 e. The predicted octanol–water partition coefficient (Wildman–Crippen LogP) is 2.63. The molecule has 1 saturated heterocycles. The van der Waals surface area contributed by atoms with E-state index in [1.54, 1.807) is 18.6 Å². The van der Waals surface area contributed by atoms with Gasteiger partial charge in [0, 0.05) is 50.1 Å². The summed E-state index contributed by atoms with van der Waals surface area (Å²) in [7, 11) is 1.92. The van der Waals surface area contributed by atoms with Crippen molar-refractivity contribution in [2.75, 3.05) is 13.1 Å². The molecule has 6 nitrogen and oxygen atoms in total. The standard InChI is InChI=1S/C18H25N5O/c1-18(2,3)17(24)23-11-6-13(7-12-23)15-16(20-10-9-19-15)14-5-8-21-22(14)4/h5,8-10,13H,6-7,11-12H2,1-4H3. The topological polar surface area (TPSA) is 63.9 Å². The molecule has 0 bridgehead atoms. The predicted molar refractivity (Wildman–Crippen MR) is 92.2 cm³/mol. The van der Waals surface area contributed by atoms with Crippen LogP contribution in [0.2, 0.25) is 0 Å². The molecule has 2 aromatic rings. The molecular formula is C18H25N5O. The van der Waals surface area contributed by atoms with E-state index >= 15 is 0 Å². The maximum atomic E-state index is 12.4. The third kappa shape index (κ3) is 3.18. The third-order valence-electron chi connectivity index (χ3n) is 4.60. The lowest BCUT2D eigenvalue weighted by atomic mass is 9.88. The molecule has 3 rings (SSSR count). The molecule has 1 aliphatic rings. The molecule has 1 fully saturated rings. The van der Waals surface area contributed by atoms with Gasteiger partial charge >= 0.3 is 0 Å². The number of carbonyl (C=O) groups excluding carboxylic acids is 1. The first-order valence-corrected chi connectivity index (χ1v) is 8.46. The molecular weight excluding hydrogens is 302 g/mol. The van der Waals surface area contributed by atoms with Crippen molar-refractivity contribution in [3.63, 3.8) is 0 Å². The molecule has 0 N–H and O–H groups in total. The van der Waals surface area contributed by atoms with E-state index in [0.717, 1.165) is 43.0 Å². The van der Waals surface area contributed by atoms with E-state index < -0.39 is 0 Å². The van der Waals surface area contributed by atoms with Crippen molar-refractivity contribution in [1.82, 2.24) is 24.6 Å². The maximum Gasteiger partial charge on any atom is 0.227 e. The van der Waals surface area contributed by atoms with Crippen molar-refractivity contribution in [1.29, 1.82) is 0 Å². The highest BCUT2D eigenvalue weighted by atomic mass is 16.2. The summed E-state index contributed by atoms with van der Waals surface area (Å²) in [4.78, 5) is 23.6. The fourth-order valence-corrected chi connectivity index (χ4v) is 3.28. The van der Waals surface area contributed by atoms with E-state index in [0.29, 0.717) is 5.92 Å². The van der Waals surface area contributed by atoms with Gasteiger partial charge in [-0.15, -0.1) is 0 Å². The van der Waals surface area contributed by atoms with Crippen LogP contribution in [0.1, 0.15) is 45.2 Å². The Balaban J connectivity index is 1.79. The molecule has 0 aliphatic carbocycles. The minimum atomic E-state index is -0.320. The van der Waals surface area contributed by atoms with Gasteiger partial charge in [0.1, 0.15) is 5.69 Å². The summed E-state index contributed by atoms with van der Waals surface area (Å²) in [5.41, 5.74) is 2.58. The lowest BCUT2D eigenvalue weighted by Crippen LogP contribution is -2.43. The van der Waals surface area contributed by atoms with Gasteiger partial charge in [0.25, 0.3) is 0 Å². The highest BCUT2D eigenvalue weighted by Crippen LogP contribution is 2.33. The molecule has 0 saturated carbocycles. The number of hydrogen-bond acceptors (Lipinski definition) is 4. The Morgan fingerprint density at radius 3 is 2.38 bits per heavy atom. The normalized spacial score (nSPS) is 16.4. The van der Waals surface area contributed by atoms with Gasteiger partial charge in [-0.1, -0.05) is 20.8 Å². The van der Waals surface area contributed by atoms with Crippen LogP contribution >= 0.6 is 0 Å². The van der Waals surface area contributed by atoms with Gasteiger partial charge in [-0.05, 0) is 18.9 Å². The van der Waals surface area contributed by atoms with E-state index in [-0.39, 0.29) is 11.3 Å². The van der Waals surface area contributed by atoms with Crippen LogP contribution in [0.5, 0.6) is 0 Å². The number of amides is 1. The van der Waals surface area contributed by atoms with Crippen LogP contribution in [0.15, 0.2) is 24.7 Å². The summed E-state index contributed by atoms with van der Waals surface area (Å²) >= 11 is 0. The number of nitrogens with zero attached hydrogens (tertiary/aromatic N) is 5. The largest absolute Gasteiger partial charge is 0.342 e. The van der Waals surface area contributed by atoms with Crippen LogP contribution < -0.4 is 0 Å². The molecule has 0 radical (unpaired) electrons. The second-order valence-corrected chi connectivity index (χ2v) is 7.45. The van der Waals surface area contributed by atoms with Crippen molar-refractivity contribution >= 4 is 5.91 Å². The third-order valence-corrected chi connectivity index (χ3v) is 4.60. The number of aryl methyl sites for hydroxylation is 1. The molecule has 128 valence electrons. The summed E-state index contributed by atoms with van der Waals surface area (Å²) < 4.78 is 1.83. The molecule has 3 heterocycles. The summed E-state index contributed by atoms with van der Waals surface area (Å²) in [6.07, 6.45) is 7.10. The first kappa shape index (κ1) is 16.6. The Kier molecular flexibility index (Phi) is 4.39. The smallest absolute Gasteiger partial charge is 0.227 e. The Morgan fingerprint density at radius 2 is 1.79 bits per heavy atom. The van der Waals surface area contributed by atoms with Gasteiger partial charge in [-0.25, -0.2) is 0 Å². The molecule has 1 aliphatic heterocycles. The number of hydrogen-bond donors (Lipinski definition) is 0. The van der Waals surface area contributed by atoms with E-state index in [2.05, 4.69) is 15.1 Å². The van der Waals surface area contributed by atoms with Gasteiger partial charge in [-0.2, -0.15) is 5.10 Å². The Labute approximate surface area is 142 Å². The minimum absolute atomic E-state index is 0.229. The Morgan fingerprint density at radius 1 is 1.12 bits per heavy atom. The van der Waals surface area contributed by atoms with E-state index in [9.17, 15) is 4.79 Å². The summed E-state index contributed by atoms with van der Waals surface area (Å²) in [5.74, 6) is 0.555. The molecule has 1 amide bonds. The maximum absolute atomic E-state index is 12.4. The number of aromatic nitrogens is 4. The highest BCUT2D eigenvalue weighted by Gasteiger charge is 2.32. The first-order valence-electron chi connectivity index (χ1n) is 8.46. The second kappa shape index (κ2) is 6.34. The quantitative estimate of drug-likeness (QED) is 0.850. The van der Waals surface area contributed by atoms with Gasteiger partial charge in [0.05, 0.1) is 11.4 Å².